The summed E-state index contributed by atoms with van der Waals surface area (Å²) in [6.45, 7) is 3.83. The number of hydrogen-bond acceptors (Lipinski definition) is 4. The second-order valence-electron chi connectivity index (χ2n) is 4.42. The number of rotatable bonds is 2. The van der Waals surface area contributed by atoms with Gasteiger partial charge in [0.1, 0.15) is 11.5 Å². The van der Waals surface area contributed by atoms with E-state index >= 15 is 0 Å². The number of methoxy groups -OCH3 is 1. The lowest BCUT2D eigenvalue weighted by molar-refractivity contribution is -0.131. The average molecular weight is 288 g/mol. The van der Waals surface area contributed by atoms with Crippen LogP contribution in [-0.4, -0.2) is 29.7 Å². The summed E-state index contributed by atoms with van der Waals surface area (Å²) in [5, 5.41) is 6.44. The Balaban J connectivity index is 2.32. The molecule has 1 aromatic rings. The summed E-state index contributed by atoms with van der Waals surface area (Å²) in [5.74, 6) is 5.70. The molecule has 1 aromatic carbocycles. The maximum atomic E-state index is 11.8. The Kier molecular flexibility index (Phi) is 4.48. The Hall–Kier alpha value is -1.77. The predicted octanol–water partition coefficient (Wildman–Crippen LogP) is 2.42. The van der Waals surface area contributed by atoms with Crippen LogP contribution in [0.1, 0.15) is 19.4 Å². The van der Waals surface area contributed by atoms with Crippen LogP contribution in [0.15, 0.2) is 35.4 Å². The van der Waals surface area contributed by atoms with Gasteiger partial charge in [0.05, 0.1) is 0 Å². The molecule has 1 unspecified atom stereocenters. The summed E-state index contributed by atoms with van der Waals surface area (Å²) in [6, 6.07) is 9.83. The summed E-state index contributed by atoms with van der Waals surface area (Å²) in [4.78, 5) is 11.3. The van der Waals surface area contributed by atoms with Crippen molar-refractivity contribution >= 4 is 22.7 Å². The molecule has 0 spiro atoms. The minimum Gasteiger partial charge on any atom is -0.372 e. The largest absolute Gasteiger partial charge is 0.372 e. The van der Waals surface area contributed by atoms with E-state index in [1.54, 1.807) is 7.11 Å². The standard InChI is InChI=1S/C15H16N2O2S/c1-12(18)17-15(2,13-8-5-4-6-9-13)20-14(16-17)10-7-11-19-3/h4-6,8-9H,11H2,1-3H3. The SMILES string of the molecule is COCC#CC1=NN(C(C)=O)C(C)(c2ccccc2)S1. The maximum Gasteiger partial charge on any atom is 0.241 e. The lowest BCUT2D eigenvalue weighted by atomic mass is 10.1. The molecule has 1 heterocycles. The zero-order valence-electron chi connectivity index (χ0n) is 11.7. The van der Waals surface area contributed by atoms with Gasteiger partial charge in [-0.25, -0.2) is 5.01 Å². The quantitative estimate of drug-likeness (QED) is 0.785. The molecule has 1 atom stereocenters. The van der Waals surface area contributed by atoms with E-state index in [4.69, 9.17) is 4.74 Å². The lowest BCUT2D eigenvalue weighted by Gasteiger charge is -2.31. The van der Waals surface area contributed by atoms with Crippen molar-refractivity contribution in [3.05, 3.63) is 35.9 Å². The van der Waals surface area contributed by atoms with Gasteiger partial charge in [-0.1, -0.05) is 48.0 Å². The van der Waals surface area contributed by atoms with E-state index in [0.717, 1.165) is 5.56 Å². The van der Waals surface area contributed by atoms with Gasteiger partial charge in [0.2, 0.25) is 5.91 Å². The number of nitrogens with zero attached hydrogens (tertiary/aromatic N) is 2. The monoisotopic (exact) mass is 288 g/mol. The number of ether oxygens (including phenoxy) is 1. The summed E-state index contributed by atoms with van der Waals surface area (Å²) >= 11 is 1.48. The molecular weight excluding hydrogens is 272 g/mol. The fraction of sp³-hybridized carbons (Fsp3) is 0.333. The molecule has 1 amide bonds. The number of thioether (sulfide) groups is 1. The van der Waals surface area contributed by atoms with Crippen LogP contribution in [-0.2, 0) is 14.4 Å². The van der Waals surface area contributed by atoms with Crippen molar-refractivity contribution in [3.63, 3.8) is 0 Å². The van der Waals surface area contributed by atoms with E-state index in [9.17, 15) is 4.79 Å². The van der Waals surface area contributed by atoms with Crippen molar-refractivity contribution in [2.75, 3.05) is 13.7 Å². The van der Waals surface area contributed by atoms with Gasteiger partial charge in [-0.3, -0.25) is 4.79 Å². The maximum absolute atomic E-state index is 11.8. The van der Waals surface area contributed by atoms with Gasteiger partial charge in [0, 0.05) is 14.0 Å². The molecule has 0 radical (unpaired) electrons. The first-order chi connectivity index (χ1) is 9.58. The molecule has 4 nitrogen and oxygen atoms in total. The second kappa shape index (κ2) is 6.12. The van der Waals surface area contributed by atoms with Gasteiger partial charge in [0.25, 0.3) is 0 Å². The summed E-state index contributed by atoms with van der Waals surface area (Å²) in [5.41, 5.74) is 1.02. The van der Waals surface area contributed by atoms with Crippen LogP contribution in [0.25, 0.3) is 0 Å². The first-order valence-electron chi connectivity index (χ1n) is 6.19. The van der Waals surface area contributed by atoms with Gasteiger partial charge < -0.3 is 4.74 Å². The van der Waals surface area contributed by atoms with E-state index in [2.05, 4.69) is 16.9 Å². The van der Waals surface area contributed by atoms with Crippen LogP contribution in [0.2, 0.25) is 0 Å². The number of hydrogen-bond donors (Lipinski definition) is 0. The molecule has 1 aliphatic heterocycles. The molecule has 0 aliphatic carbocycles. The summed E-state index contributed by atoms with van der Waals surface area (Å²) in [7, 11) is 1.59. The third kappa shape index (κ3) is 2.87. The van der Waals surface area contributed by atoms with Crippen molar-refractivity contribution < 1.29 is 9.53 Å². The highest BCUT2D eigenvalue weighted by Gasteiger charge is 2.42. The first kappa shape index (κ1) is 14.6. The average Bonchev–Trinajstić information content (AvgIpc) is 2.79. The molecule has 0 N–H and O–H groups in total. The van der Waals surface area contributed by atoms with Gasteiger partial charge in [-0.2, -0.15) is 5.10 Å². The van der Waals surface area contributed by atoms with Crippen LogP contribution in [0.5, 0.6) is 0 Å². The number of hydrazone groups is 1. The van der Waals surface area contributed by atoms with Crippen molar-refractivity contribution in [1.82, 2.24) is 5.01 Å². The van der Waals surface area contributed by atoms with Crippen LogP contribution in [0.3, 0.4) is 0 Å². The number of amides is 1. The van der Waals surface area contributed by atoms with E-state index in [1.165, 1.54) is 23.7 Å². The van der Waals surface area contributed by atoms with Gasteiger partial charge >= 0.3 is 0 Å². The van der Waals surface area contributed by atoms with Crippen molar-refractivity contribution in [2.24, 2.45) is 5.10 Å². The lowest BCUT2D eigenvalue weighted by Crippen LogP contribution is -2.37. The number of carbonyl (C=O) groups excluding carboxylic acids is 1. The zero-order chi connectivity index (χ0) is 14.6. The highest BCUT2D eigenvalue weighted by molar-refractivity contribution is 8.15. The topological polar surface area (TPSA) is 41.9 Å². The van der Waals surface area contributed by atoms with Crippen LogP contribution < -0.4 is 0 Å². The van der Waals surface area contributed by atoms with Crippen LogP contribution in [0.4, 0.5) is 0 Å². The molecule has 0 fully saturated rings. The van der Waals surface area contributed by atoms with Crippen molar-refractivity contribution in [1.29, 1.82) is 0 Å². The first-order valence-corrected chi connectivity index (χ1v) is 7.01. The highest BCUT2D eigenvalue weighted by Crippen LogP contribution is 2.45. The van der Waals surface area contributed by atoms with Crippen LogP contribution in [0, 0.1) is 11.8 Å². The fourth-order valence-corrected chi connectivity index (χ4v) is 3.10. The minimum atomic E-state index is -0.551. The molecule has 0 saturated heterocycles. The zero-order valence-corrected chi connectivity index (χ0v) is 12.5. The highest BCUT2D eigenvalue weighted by atomic mass is 32.2. The van der Waals surface area contributed by atoms with Gasteiger partial charge in [-0.15, -0.1) is 0 Å². The Morgan fingerprint density at radius 2 is 2.15 bits per heavy atom. The summed E-state index contributed by atoms with van der Waals surface area (Å²) in [6.07, 6.45) is 0. The van der Waals surface area contributed by atoms with Gasteiger partial charge in [0.15, 0.2) is 5.04 Å². The molecule has 1 aliphatic rings. The third-order valence-corrected chi connectivity index (χ3v) is 4.09. The molecule has 0 bridgehead atoms. The molecule has 20 heavy (non-hydrogen) atoms. The number of carbonyl (C=O) groups is 1. The number of benzene rings is 1. The van der Waals surface area contributed by atoms with E-state index in [1.807, 2.05) is 37.3 Å². The Bertz CT molecular complexity index is 589. The second-order valence-corrected chi connectivity index (χ2v) is 5.81. The smallest absolute Gasteiger partial charge is 0.241 e. The molecule has 104 valence electrons. The molecule has 0 saturated carbocycles. The Morgan fingerprint density at radius 1 is 1.45 bits per heavy atom. The van der Waals surface area contributed by atoms with Gasteiger partial charge in [-0.05, 0) is 18.4 Å². The fourth-order valence-electron chi connectivity index (χ4n) is 1.97. The third-order valence-electron chi connectivity index (χ3n) is 2.91. The molecule has 5 heteroatoms. The Labute approximate surface area is 123 Å². The Morgan fingerprint density at radius 3 is 2.75 bits per heavy atom. The molecular formula is C15H16N2O2S. The minimum absolute atomic E-state index is 0.104. The normalized spacial score (nSPS) is 21.1. The summed E-state index contributed by atoms with van der Waals surface area (Å²) < 4.78 is 4.89. The van der Waals surface area contributed by atoms with Crippen molar-refractivity contribution in [3.8, 4) is 11.8 Å². The van der Waals surface area contributed by atoms with E-state index in [-0.39, 0.29) is 5.91 Å². The van der Waals surface area contributed by atoms with E-state index < -0.39 is 4.87 Å². The molecule has 2 rings (SSSR count). The van der Waals surface area contributed by atoms with E-state index in [0.29, 0.717) is 11.7 Å². The predicted molar refractivity (Wildman–Crippen MR) is 81.0 cm³/mol. The van der Waals surface area contributed by atoms with Crippen LogP contribution >= 0.6 is 11.8 Å². The molecule has 0 aromatic heterocycles. The van der Waals surface area contributed by atoms with Crippen molar-refractivity contribution in [2.45, 2.75) is 18.7 Å².